The molecule has 0 aromatic carbocycles. The van der Waals surface area contributed by atoms with Crippen LogP contribution in [0.3, 0.4) is 0 Å². The number of aromatic nitrogens is 1. The van der Waals surface area contributed by atoms with Crippen molar-refractivity contribution in [3.8, 4) is 0 Å². The predicted molar refractivity (Wildman–Crippen MR) is 76.6 cm³/mol. The lowest BCUT2D eigenvalue weighted by Gasteiger charge is -2.26. The van der Waals surface area contributed by atoms with Gasteiger partial charge in [-0.05, 0) is 5.92 Å². The van der Waals surface area contributed by atoms with E-state index < -0.39 is 0 Å². The molecule has 1 aromatic heterocycles. The summed E-state index contributed by atoms with van der Waals surface area (Å²) in [5.41, 5.74) is 5.84. The van der Waals surface area contributed by atoms with Crippen LogP contribution in [0, 0.1) is 5.92 Å². The number of carbonyl (C=O) groups is 1. The van der Waals surface area contributed by atoms with E-state index in [9.17, 15) is 4.79 Å². The van der Waals surface area contributed by atoms with Crippen LogP contribution in [0.15, 0.2) is 0 Å². The molecule has 0 bridgehead atoms. The molecule has 0 atom stereocenters. The highest BCUT2D eigenvalue weighted by molar-refractivity contribution is 7.18. The first-order valence-electron chi connectivity index (χ1n) is 6.45. The zero-order chi connectivity index (χ0) is 13.8. The van der Waals surface area contributed by atoms with Crippen molar-refractivity contribution in [1.29, 1.82) is 0 Å². The molecule has 3 N–H and O–H groups in total. The SMILES string of the molecule is CC(C)CNc1nc(N)c(C(=O)N2CCOCC2)s1. The Bertz CT molecular complexity index is 441. The number of morpholine rings is 1. The van der Waals surface area contributed by atoms with E-state index in [4.69, 9.17) is 10.5 Å². The zero-order valence-corrected chi connectivity index (χ0v) is 12.1. The number of hydrogen-bond acceptors (Lipinski definition) is 6. The van der Waals surface area contributed by atoms with Gasteiger partial charge in [-0.15, -0.1) is 0 Å². The number of nitrogens with one attached hydrogen (secondary N) is 1. The van der Waals surface area contributed by atoms with E-state index in [2.05, 4.69) is 24.1 Å². The maximum Gasteiger partial charge on any atom is 0.268 e. The predicted octanol–water partition coefficient (Wildman–Crippen LogP) is 1.27. The van der Waals surface area contributed by atoms with E-state index in [0.29, 0.717) is 48.0 Å². The van der Waals surface area contributed by atoms with Gasteiger partial charge in [0.05, 0.1) is 13.2 Å². The number of hydrogen-bond donors (Lipinski definition) is 2. The van der Waals surface area contributed by atoms with Crippen molar-refractivity contribution >= 4 is 28.2 Å². The first kappa shape index (κ1) is 14.1. The van der Waals surface area contributed by atoms with E-state index in [0.717, 1.165) is 6.54 Å². The van der Waals surface area contributed by atoms with Gasteiger partial charge in [-0.3, -0.25) is 4.79 Å². The summed E-state index contributed by atoms with van der Waals surface area (Å²) in [6.07, 6.45) is 0. The van der Waals surface area contributed by atoms with Crippen molar-refractivity contribution in [1.82, 2.24) is 9.88 Å². The van der Waals surface area contributed by atoms with Gasteiger partial charge >= 0.3 is 0 Å². The van der Waals surface area contributed by atoms with Gasteiger partial charge in [0, 0.05) is 19.6 Å². The number of carbonyl (C=O) groups excluding carboxylic acids is 1. The fourth-order valence-corrected chi connectivity index (χ4v) is 2.62. The molecular formula is C12H20N4O2S. The van der Waals surface area contributed by atoms with Crippen molar-refractivity contribution in [3.63, 3.8) is 0 Å². The average molecular weight is 284 g/mol. The fourth-order valence-electron chi connectivity index (χ4n) is 1.76. The molecule has 19 heavy (non-hydrogen) atoms. The van der Waals surface area contributed by atoms with Crippen molar-refractivity contribution < 1.29 is 9.53 Å². The molecule has 1 aliphatic rings. The van der Waals surface area contributed by atoms with Gasteiger partial charge in [-0.25, -0.2) is 4.98 Å². The number of nitrogens with two attached hydrogens (primary N) is 1. The molecule has 0 spiro atoms. The minimum absolute atomic E-state index is 0.0455. The number of ether oxygens (including phenoxy) is 1. The standard InChI is InChI=1S/C12H20N4O2S/c1-8(2)7-14-12-15-10(13)9(19-12)11(17)16-3-5-18-6-4-16/h8H,3-7,13H2,1-2H3,(H,14,15). The molecule has 1 saturated heterocycles. The first-order valence-corrected chi connectivity index (χ1v) is 7.26. The normalized spacial score (nSPS) is 15.8. The maximum atomic E-state index is 12.3. The van der Waals surface area contributed by atoms with Crippen LogP contribution in [0.1, 0.15) is 23.5 Å². The summed E-state index contributed by atoms with van der Waals surface area (Å²) in [6.45, 7) is 7.45. The molecule has 0 aliphatic carbocycles. The molecule has 2 rings (SSSR count). The third-order valence-electron chi connectivity index (χ3n) is 2.81. The second-order valence-electron chi connectivity index (χ2n) is 4.91. The average Bonchev–Trinajstić information content (AvgIpc) is 2.78. The maximum absolute atomic E-state index is 12.3. The summed E-state index contributed by atoms with van der Waals surface area (Å²) in [4.78, 5) is 18.8. The molecule has 0 radical (unpaired) electrons. The van der Waals surface area contributed by atoms with Crippen LogP contribution in [-0.2, 0) is 4.74 Å². The van der Waals surface area contributed by atoms with Crippen LogP contribution >= 0.6 is 11.3 Å². The smallest absolute Gasteiger partial charge is 0.268 e. The highest BCUT2D eigenvalue weighted by Gasteiger charge is 2.23. The molecule has 6 nitrogen and oxygen atoms in total. The lowest BCUT2D eigenvalue weighted by Crippen LogP contribution is -2.40. The first-order chi connectivity index (χ1) is 9.08. The van der Waals surface area contributed by atoms with Crippen molar-refractivity contribution in [2.75, 3.05) is 43.9 Å². The molecule has 0 unspecified atom stereocenters. The fraction of sp³-hybridized carbons (Fsp3) is 0.667. The van der Waals surface area contributed by atoms with Crippen LogP contribution in [0.5, 0.6) is 0 Å². The minimum atomic E-state index is -0.0455. The monoisotopic (exact) mass is 284 g/mol. The van der Waals surface area contributed by atoms with Gasteiger partial charge in [0.1, 0.15) is 10.7 Å². The van der Waals surface area contributed by atoms with E-state index in [1.807, 2.05) is 0 Å². The Morgan fingerprint density at radius 1 is 1.53 bits per heavy atom. The zero-order valence-electron chi connectivity index (χ0n) is 11.3. The lowest BCUT2D eigenvalue weighted by atomic mass is 10.2. The Morgan fingerprint density at radius 2 is 2.21 bits per heavy atom. The molecule has 1 aromatic rings. The van der Waals surface area contributed by atoms with Crippen LogP contribution < -0.4 is 11.1 Å². The number of rotatable bonds is 4. The van der Waals surface area contributed by atoms with E-state index in [-0.39, 0.29) is 5.91 Å². The Kier molecular flexibility index (Phi) is 4.60. The quantitative estimate of drug-likeness (QED) is 0.870. The van der Waals surface area contributed by atoms with Crippen LogP contribution in [0.2, 0.25) is 0 Å². The Morgan fingerprint density at radius 3 is 2.84 bits per heavy atom. The molecule has 1 amide bonds. The second-order valence-corrected chi connectivity index (χ2v) is 5.91. The lowest BCUT2D eigenvalue weighted by molar-refractivity contribution is 0.0306. The summed E-state index contributed by atoms with van der Waals surface area (Å²) < 4.78 is 5.24. The summed E-state index contributed by atoms with van der Waals surface area (Å²) in [5.74, 6) is 0.784. The third kappa shape index (κ3) is 3.57. The molecule has 0 saturated carbocycles. The van der Waals surface area contributed by atoms with E-state index >= 15 is 0 Å². The number of nitrogens with zero attached hydrogens (tertiary/aromatic N) is 2. The van der Waals surface area contributed by atoms with Gasteiger partial charge in [0.25, 0.3) is 5.91 Å². The molecule has 106 valence electrons. The number of thiazole rings is 1. The van der Waals surface area contributed by atoms with Crippen molar-refractivity contribution in [2.45, 2.75) is 13.8 Å². The largest absolute Gasteiger partial charge is 0.382 e. The van der Waals surface area contributed by atoms with Gasteiger partial charge in [0.2, 0.25) is 0 Å². The number of amides is 1. The molecule has 7 heteroatoms. The number of anilines is 2. The van der Waals surface area contributed by atoms with Gasteiger partial charge in [0.15, 0.2) is 5.13 Å². The Hall–Kier alpha value is -1.34. The molecule has 1 aliphatic heterocycles. The van der Waals surface area contributed by atoms with Gasteiger partial charge in [-0.1, -0.05) is 25.2 Å². The summed E-state index contributed by atoms with van der Waals surface area (Å²) in [6, 6.07) is 0. The molecular weight excluding hydrogens is 264 g/mol. The summed E-state index contributed by atoms with van der Waals surface area (Å²) in [5, 5.41) is 3.91. The molecule has 1 fully saturated rings. The van der Waals surface area contributed by atoms with Crippen molar-refractivity contribution in [3.05, 3.63) is 4.88 Å². The van der Waals surface area contributed by atoms with Gasteiger partial charge in [-0.2, -0.15) is 0 Å². The van der Waals surface area contributed by atoms with Gasteiger partial charge < -0.3 is 20.7 Å². The highest BCUT2D eigenvalue weighted by Crippen LogP contribution is 2.26. The number of nitrogen functional groups attached to an aromatic ring is 1. The second kappa shape index (κ2) is 6.21. The van der Waals surface area contributed by atoms with Crippen LogP contribution in [0.25, 0.3) is 0 Å². The topological polar surface area (TPSA) is 80.5 Å². The van der Waals surface area contributed by atoms with E-state index in [1.165, 1.54) is 11.3 Å². The van der Waals surface area contributed by atoms with Crippen molar-refractivity contribution in [2.24, 2.45) is 5.92 Å². The Labute approximate surface area is 116 Å². The third-order valence-corrected chi connectivity index (χ3v) is 3.82. The Balaban J connectivity index is 2.04. The minimum Gasteiger partial charge on any atom is -0.382 e. The van der Waals surface area contributed by atoms with E-state index in [1.54, 1.807) is 4.90 Å². The summed E-state index contributed by atoms with van der Waals surface area (Å²) >= 11 is 1.32. The molecule has 2 heterocycles. The summed E-state index contributed by atoms with van der Waals surface area (Å²) in [7, 11) is 0. The highest BCUT2D eigenvalue weighted by atomic mass is 32.1. The van der Waals surface area contributed by atoms with Crippen LogP contribution in [0.4, 0.5) is 10.9 Å². The van der Waals surface area contributed by atoms with Crippen LogP contribution in [-0.4, -0.2) is 48.6 Å².